The fourth-order valence-electron chi connectivity index (χ4n) is 5.91. The molecule has 0 amide bonds. The van der Waals surface area contributed by atoms with E-state index >= 15 is 0 Å². The van der Waals surface area contributed by atoms with E-state index in [9.17, 15) is 9.90 Å². The minimum absolute atomic E-state index is 0.0786. The minimum Gasteiger partial charge on any atom is -0.479 e. The Morgan fingerprint density at radius 3 is 2.27 bits per heavy atom. The molecule has 1 aromatic carbocycles. The fraction of sp³-hybridized carbons (Fsp3) is 0.731. The van der Waals surface area contributed by atoms with Gasteiger partial charge in [0.05, 0.1) is 12.2 Å². The molecule has 1 saturated heterocycles. The topological polar surface area (TPSA) is 55.8 Å². The first-order valence-electron chi connectivity index (χ1n) is 12.3. The van der Waals surface area contributed by atoms with Crippen LogP contribution >= 0.6 is 0 Å². The summed E-state index contributed by atoms with van der Waals surface area (Å²) in [6.07, 6.45) is 14.8. The highest BCUT2D eigenvalue weighted by molar-refractivity contribution is 5.78. The van der Waals surface area contributed by atoms with E-state index in [1.54, 1.807) is 0 Å². The van der Waals surface area contributed by atoms with Crippen molar-refractivity contribution in [1.82, 2.24) is 0 Å². The fourth-order valence-corrected chi connectivity index (χ4v) is 5.91. The highest BCUT2D eigenvalue weighted by Gasteiger charge is 2.49. The van der Waals surface area contributed by atoms with Crippen LogP contribution in [-0.2, 0) is 20.7 Å². The van der Waals surface area contributed by atoms with Crippen molar-refractivity contribution in [2.75, 3.05) is 6.61 Å². The molecule has 4 nitrogen and oxygen atoms in total. The van der Waals surface area contributed by atoms with E-state index < -0.39 is 11.6 Å². The van der Waals surface area contributed by atoms with Gasteiger partial charge in [0.1, 0.15) is 0 Å². The van der Waals surface area contributed by atoms with Gasteiger partial charge in [0.25, 0.3) is 0 Å². The normalized spacial score (nSPS) is 26.2. The van der Waals surface area contributed by atoms with Gasteiger partial charge in [-0.15, -0.1) is 0 Å². The van der Waals surface area contributed by atoms with E-state index in [0.717, 1.165) is 76.4 Å². The molecule has 166 valence electrons. The summed E-state index contributed by atoms with van der Waals surface area (Å²) in [4.78, 5) is 12.9. The van der Waals surface area contributed by atoms with Crippen molar-refractivity contribution in [3.63, 3.8) is 0 Å². The maximum Gasteiger partial charge on any atom is 0.336 e. The largest absolute Gasteiger partial charge is 0.479 e. The van der Waals surface area contributed by atoms with Crippen LogP contribution in [0, 0.1) is 5.92 Å². The molecule has 4 heteroatoms. The average Bonchev–Trinajstić information content (AvgIpc) is 2.80. The predicted octanol–water partition coefficient (Wildman–Crippen LogP) is 6.22. The van der Waals surface area contributed by atoms with Gasteiger partial charge < -0.3 is 14.6 Å². The van der Waals surface area contributed by atoms with Crippen molar-refractivity contribution in [2.24, 2.45) is 5.92 Å². The molecule has 2 unspecified atom stereocenters. The van der Waals surface area contributed by atoms with Gasteiger partial charge in [0.15, 0.2) is 5.60 Å². The zero-order valence-electron chi connectivity index (χ0n) is 18.3. The van der Waals surface area contributed by atoms with Gasteiger partial charge in [-0.25, -0.2) is 4.79 Å². The standard InChI is InChI=1S/C26H38O4/c27-25(28)26(21-12-3-1-4-13-21,30-22-14-5-2-6-15-22)19-20-11-7-8-16-23(20)24-17-9-10-18-29-24/h7-8,11,16,21-22,24H,1-6,9-10,12-15,17-19H2,(H,27,28). The van der Waals surface area contributed by atoms with Gasteiger partial charge in [-0.3, -0.25) is 0 Å². The van der Waals surface area contributed by atoms with Crippen LogP contribution in [0.3, 0.4) is 0 Å². The predicted molar refractivity (Wildman–Crippen MR) is 118 cm³/mol. The number of hydrogen-bond acceptors (Lipinski definition) is 3. The Kier molecular flexibility index (Phi) is 7.48. The van der Waals surface area contributed by atoms with E-state index in [-0.39, 0.29) is 18.1 Å². The maximum absolute atomic E-state index is 12.9. The lowest BCUT2D eigenvalue weighted by molar-refractivity contribution is -0.190. The molecule has 1 heterocycles. The summed E-state index contributed by atoms with van der Waals surface area (Å²) in [7, 11) is 0. The number of ether oxygens (including phenoxy) is 2. The summed E-state index contributed by atoms with van der Waals surface area (Å²) >= 11 is 0. The first-order valence-corrected chi connectivity index (χ1v) is 12.3. The maximum atomic E-state index is 12.9. The Labute approximate surface area is 181 Å². The first kappa shape index (κ1) is 21.8. The molecule has 0 aromatic heterocycles. The van der Waals surface area contributed by atoms with Gasteiger partial charge in [0.2, 0.25) is 0 Å². The van der Waals surface area contributed by atoms with Crippen LogP contribution in [0.15, 0.2) is 24.3 Å². The van der Waals surface area contributed by atoms with E-state index in [4.69, 9.17) is 9.47 Å². The van der Waals surface area contributed by atoms with E-state index in [2.05, 4.69) is 18.2 Å². The number of benzene rings is 1. The lowest BCUT2D eigenvalue weighted by Gasteiger charge is -2.43. The monoisotopic (exact) mass is 414 g/mol. The Hall–Kier alpha value is -1.39. The Morgan fingerprint density at radius 1 is 0.933 bits per heavy atom. The second-order valence-corrected chi connectivity index (χ2v) is 9.64. The third-order valence-corrected chi connectivity index (χ3v) is 7.59. The van der Waals surface area contributed by atoms with E-state index in [1.165, 1.54) is 24.8 Å². The van der Waals surface area contributed by atoms with Gasteiger partial charge in [-0.2, -0.15) is 0 Å². The third-order valence-electron chi connectivity index (χ3n) is 7.59. The van der Waals surface area contributed by atoms with Crippen LogP contribution in [0.25, 0.3) is 0 Å². The number of carbonyl (C=O) groups is 1. The summed E-state index contributed by atoms with van der Waals surface area (Å²) in [6.45, 7) is 0.796. The molecule has 4 rings (SSSR count). The Bertz CT molecular complexity index is 684. The Morgan fingerprint density at radius 2 is 1.60 bits per heavy atom. The quantitative estimate of drug-likeness (QED) is 0.575. The summed E-state index contributed by atoms with van der Waals surface area (Å²) in [5.74, 6) is -0.676. The zero-order chi connectivity index (χ0) is 20.8. The van der Waals surface area contributed by atoms with Crippen molar-refractivity contribution in [1.29, 1.82) is 0 Å². The smallest absolute Gasteiger partial charge is 0.336 e. The molecular formula is C26H38O4. The number of carboxylic acid groups (broad SMARTS) is 1. The van der Waals surface area contributed by atoms with Crippen LogP contribution in [0.4, 0.5) is 0 Å². The molecule has 30 heavy (non-hydrogen) atoms. The van der Waals surface area contributed by atoms with Crippen molar-refractivity contribution < 1.29 is 19.4 Å². The second kappa shape index (κ2) is 10.3. The number of rotatable bonds is 7. The van der Waals surface area contributed by atoms with E-state index in [1.807, 2.05) is 6.07 Å². The summed E-state index contributed by atoms with van der Waals surface area (Å²) in [6, 6.07) is 8.34. The van der Waals surface area contributed by atoms with Crippen molar-refractivity contribution in [3.8, 4) is 0 Å². The second-order valence-electron chi connectivity index (χ2n) is 9.64. The first-order chi connectivity index (χ1) is 14.7. The summed E-state index contributed by atoms with van der Waals surface area (Å²) in [5, 5.41) is 10.6. The van der Waals surface area contributed by atoms with Crippen LogP contribution in [0.5, 0.6) is 0 Å². The SMILES string of the molecule is O=C(O)C(Cc1ccccc1C1CCCCO1)(OC1CCCCC1)C1CCCCC1. The van der Waals surface area contributed by atoms with Gasteiger partial charge in [-0.1, -0.05) is 62.8 Å². The highest BCUT2D eigenvalue weighted by Crippen LogP contribution is 2.42. The lowest BCUT2D eigenvalue weighted by Crippen LogP contribution is -2.53. The van der Waals surface area contributed by atoms with Crippen LogP contribution < -0.4 is 0 Å². The highest BCUT2D eigenvalue weighted by atomic mass is 16.5. The molecule has 2 atom stereocenters. The molecule has 1 aromatic rings. The molecule has 2 aliphatic carbocycles. The molecule has 1 N–H and O–H groups in total. The van der Waals surface area contributed by atoms with Crippen LogP contribution in [-0.4, -0.2) is 29.4 Å². The summed E-state index contributed by atoms with van der Waals surface area (Å²) in [5.41, 5.74) is 1.16. The molecule has 1 aliphatic heterocycles. The zero-order valence-corrected chi connectivity index (χ0v) is 18.3. The molecule has 0 radical (unpaired) electrons. The van der Waals surface area contributed by atoms with Crippen molar-refractivity contribution >= 4 is 5.97 Å². The molecule has 0 spiro atoms. The molecular weight excluding hydrogens is 376 g/mol. The minimum atomic E-state index is -1.12. The molecule has 2 saturated carbocycles. The van der Waals surface area contributed by atoms with Crippen molar-refractivity contribution in [2.45, 2.75) is 108 Å². The van der Waals surface area contributed by atoms with E-state index in [0.29, 0.717) is 6.42 Å². The molecule has 0 bridgehead atoms. The number of carboxylic acids is 1. The number of aliphatic carboxylic acids is 1. The summed E-state index contributed by atoms with van der Waals surface area (Å²) < 4.78 is 12.8. The van der Waals surface area contributed by atoms with Gasteiger partial charge in [0, 0.05) is 13.0 Å². The van der Waals surface area contributed by atoms with Gasteiger partial charge >= 0.3 is 5.97 Å². The average molecular weight is 415 g/mol. The Balaban J connectivity index is 1.66. The van der Waals surface area contributed by atoms with Crippen LogP contribution in [0.1, 0.15) is 101 Å². The van der Waals surface area contributed by atoms with Crippen LogP contribution in [0.2, 0.25) is 0 Å². The number of hydrogen-bond donors (Lipinski definition) is 1. The third kappa shape index (κ3) is 4.91. The molecule has 3 fully saturated rings. The van der Waals surface area contributed by atoms with Crippen molar-refractivity contribution in [3.05, 3.63) is 35.4 Å². The molecule has 3 aliphatic rings. The lowest BCUT2D eigenvalue weighted by atomic mass is 9.72. The van der Waals surface area contributed by atoms with Gasteiger partial charge in [-0.05, 0) is 62.0 Å².